The van der Waals surface area contributed by atoms with Crippen LogP contribution in [0.1, 0.15) is 51.1 Å². The molecule has 1 unspecified atom stereocenters. The first-order valence-corrected chi connectivity index (χ1v) is 10.0. The van der Waals surface area contributed by atoms with Crippen LogP contribution in [-0.2, 0) is 6.61 Å². The highest BCUT2D eigenvalue weighted by Gasteiger charge is 2.31. The number of thiophene rings is 1. The van der Waals surface area contributed by atoms with Crippen molar-refractivity contribution in [1.29, 1.82) is 0 Å². The molecule has 3 aromatic rings. The molecule has 0 N–H and O–H groups in total. The number of hydrogen-bond donors (Lipinski definition) is 0. The van der Waals surface area contributed by atoms with E-state index in [1.165, 1.54) is 4.88 Å². The molecule has 27 heavy (non-hydrogen) atoms. The van der Waals surface area contributed by atoms with Gasteiger partial charge in [-0.05, 0) is 62.4 Å². The zero-order valence-electron chi connectivity index (χ0n) is 15.5. The molecule has 1 fully saturated rings. The summed E-state index contributed by atoms with van der Waals surface area (Å²) in [6.07, 6.45) is 2.08. The van der Waals surface area contributed by atoms with E-state index >= 15 is 0 Å². The first kappa shape index (κ1) is 17.8. The molecule has 6 heteroatoms. The number of likely N-dealkylation sites (tertiary alicyclic amines) is 1. The number of aryl methyl sites for hydroxylation is 2. The van der Waals surface area contributed by atoms with E-state index in [1.54, 1.807) is 11.3 Å². The zero-order valence-corrected chi connectivity index (χ0v) is 16.3. The van der Waals surface area contributed by atoms with Crippen molar-refractivity contribution in [3.8, 4) is 5.75 Å². The number of carbonyl (C=O) groups is 1. The third-order valence-electron chi connectivity index (χ3n) is 5.05. The second-order valence-electron chi connectivity index (χ2n) is 6.79. The Balaban J connectivity index is 1.43. The number of rotatable bonds is 5. The number of amides is 1. The van der Waals surface area contributed by atoms with Crippen LogP contribution in [0.2, 0.25) is 0 Å². The molecule has 3 heterocycles. The summed E-state index contributed by atoms with van der Waals surface area (Å²) in [4.78, 5) is 16.2. The van der Waals surface area contributed by atoms with E-state index in [2.05, 4.69) is 16.6 Å². The van der Waals surface area contributed by atoms with Gasteiger partial charge in [-0.25, -0.2) is 0 Å². The third-order valence-corrected chi connectivity index (χ3v) is 6.02. The summed E-state index contributed by atoms with van der Waals surface area (Å²) in [5.41, 5.74) is 2.50. The topological polar surface area (TPSA) is 55.6 Å². The van der Waals surface area contributed by atoms with Crippen LogP contribution >= 0.6 is 11.3 Å². The van der Waals surface area contributed by atoms with Crippen molar-refractivity contribution in [2.45, 2.75) is 39.3 Å². The standard InChI is InChI=1S/C21H22N2O3S/c1-14-18(15(2)26-22-14)13-25-17-9-7-16(8-10-17)21(24)23-11-3-5-19(23)20-6-4-12-27-20/h4,6-10,12,19H,3,5,11,13H2,1-2H3. The van der Waals surface area contributed by atoms with Crippen LogP contribution in [0.3, 0.4) is 0 Å². The van der Waals surface area contributed by atoms with Gasteiger partial charge in [-0.15, -0.1) is 11.3 Å². The summed E-state index contributed by atoms with van der Waals surface area (Å²) in [6.45, 7) is 4.99. The summed E-state index contributed by atoms with van der Waals surface area (Å²) in [5, 5.41) is 6.00. The Morgan fingerprint density at radius 1 is 1.30 bits per heavy atom. The molecule has 0 spiro atoms. The molecule has 0 saturated carbocycles. The van der Waals surface area contributed by atoms with Gasteiger partial charge < -0.3 is 14.2 Å². The quantitative estimate of drug-likeness (QED) is 0.629. The highest BCUT2D eigenvalue weighted by Crippen LogP contribution is 2.35. The van der Waals surface area contributed by atoms with Crippen molar-refractivity contribution in [2.75, 3.05) is 6.54 Å². The van der Waals surface area contributed by atoms with Gasteiger partial charge in [0.1, 0.15) is 18.1 Å². The van der Waals surface area contributed by atoms with Crippen LogP contribution < -0.4 is 4.74 Å². The smallest absolute Gasteiger partial charge is 0.254 e. The monoisotopic (exact) mass is 382 g/mol. The minimum absolute atomic E-state index is 0.0863. The van der Waals surface area contributed by atoms with Crippen LogP contribution in [0.5, 0.6) is 5.75 Å². The number of aromatic nitrogens is 1. The summed E-state index contributed by atoms with van der Waals surface area (Å²) in [7, 11) is 0. The first-order chi connectivity index (χ1) is 13.1. The molecule has 1 atom stereocenters. The Hall–Kier alpha value is -2.60. The predicted octanol–water partition coefficient (Wildman–Crippen LogP) is 4.91. The minimum Gasteiger partial charge on any atom is -0.489 e. The molecule has 1 saturated heterocycles. The van der Waals surface area contributed by atoms with Gasteiger partial charge in [0.05, 0.1) is 17.3 Å². The molecule has 2 aromatic heterocycles. The van der Waals surface area contributed by atoms with E-state index < -0.39 is 0 Å². The fraction of sp³-hybridized carbons (Fsp3) is 0.333. The van der Waals surface area contributed by atoms with Crippen LogP contribution in [0.25, 0.3) is 0 Å². The van der Waals surface area contributed by atoms with Crippen LogP contribution in [0, 0.1) is 13.8 Å². The molecule has 0 radical (unpaired) electrons. The molecule has 5 nitrogen and oxygen atoms in total. The van der Waals surface area contributed by atoms with Gasteiger partial charge in [0.25, 0.3) is 5.91 Å². The van der Waals surface area contributed by atoms with E-state index in [0.29, 0.717) is 12.2 Å². The molecule has 1 aliphatic rings. The van der Waals surface area contributed by atoms with Gasteiger partial charge in [0.15, 0.2) is 0 Å². The maximum absolute atomic E-state index is 13.0. The first-order valence-electron chi connectivity index (χ1n) is 9.12. The average molecular weight is 382 g/mol. The Bertz CT molecular complexity index is 896. The summed E-state index contributed by atoms with van der Waals surface area (Å²) in [6, 6.07) is 11.7. The molecule has 1 amide bonds. The van der Waals surface area contributed by atoms with Gasteiger partial charge in [-0.3, -0.25) is 4.79 Å². The fourth-order valence-electron chi connectivity index (χ4n) is 3.51. The van der Waals surface area contributed by atoms with Gasteiger partial charge in [-0.2, -0.15) is 0 Å². The van der Waals surface area contributed by atoms with Crippen molar-refractivity contribution in [1.82, 2.24) is 10.1 Å². The lowest BCUT2D eigenvalue weighted by Crippen LogP contribution is -2.30. The lowest BCUT2D eigenvalue weighted by atomic mass is 10.1. The summed E-state index contributed by atoms with van der Waals surface area (Å²) in [5.74, 6) is 1.58. The lowest BCUT2D eigenvalue weighted by Gasteiger charge is -2.24. The molecule has 140 valence electrons. The van der Waals surface area contributed by atoms with E-state index in [1.807, 2.05) is 49.1 Å². The van der Waals surface area contributed by atoms with Gasteiger partial charge in [-0.1, -0.05) is 11.2 Å². The second-order valence-corrected chi connectivity index (χ2v) is 7.77. The molecular formula is C21H22N2O3S. The van der Waals surface area contributed by atoms with Crippen molar-refractivity contribution in [2.24, 2.45) is 0 Å². The molecule has 0 bridgehead atoms. The average Bonchev–Trinajstić information content (AvgIpc) is 3.42. The molecule has 1 aromatic carbocycles. The molecular weight excluding hydrogens is 360 g/mol. The van der Waals surface area contributed by atoms with Crippen molar-refractivity contribution < 1.29 is 14.1 Å². The number of carbonyl (C=O) groups excluding carboxylic acids is 1. The van der Waals surface area contributed by atoms with Crippen LogP contribution in [0.15, 0.2) is 46.3 Å². The number of nitrogens with zero attached hydrogens (tertiary/aromatic N) is 2. The zero-order chi connectivity index (χ0) is 18.8. The van der Waals surface area contributed by atoms with Crippen molar-refractivity contribution in [3.05, 3.63) is 69.2 Å². The summed E-state index contributed by atoms with van der Waals surface area (Å²) < 4.78 is 11.0. The predicted molar refractivity (Wildman–Crippen MR) is 104 cm³/mol. The van der Waals surface area contributed by atoms with Gasteiger partial charge in [0, 0.05) is 17.0 Å². The van der Waals surface area contributed by atoms with Gasteiger partial charge >= 0.3 is 0 Å². The molecule has 0 aliphatic carbocycles. The minimum atomic E-state index is 0.0863. The maximum atomic E-state index is 13.0. The van der Waals surface area contributed by atoms with Crippen LogP contribution in [0.4, 0.5) is 0 Å². The van der Waals surface area contributed by atoms with E-state index in [9.17, 15) is 4.79 Å². The number of benzene rings is 1. The largest absolute Gasteiger partial charge is 0.489 e. The van der Waals surface area contributed by atoms with Crippen molar-refractivity contribution >= 4 is 17.2 Å². The Kier molecular flexibility index (Phi) is 4.99. The fourth-order valence-corrected chi connectivity index (χ4v) is 4.38. The summed E-state index contributed by atoms with van der Waals surface area (Å²) >= 11 is 1.72. The van der Waals surface area contributed by atoms with Crippen LogP contribution in [-0.4, -0.2) is 22.5 Å². The molecule has 4 rings (SSSR count). The SMILES string of the molecule is Cc1noc(C)c1COc1ccc(C(=O)N2CCCC2c2cccs2)cc1. The number of hydrogen-bond acceptors (Lipinski definition) is 5. The van der Waals surface area contributed by atoms with E-state index in [-0.39, 0.29) is 11.9 Å². The van der Waals surface area contributed by atoms with Crippen molar-refractivity contribution in [3.63, 3.8) is 0 Å². The van der Waals surface area contributed by atoms with E-state index in [0.717, 1.165) is 42.2 Å². The third kappa shape index (κ3) is 3.62. The van der Waals surface area contributed by atoms with Gasteiger partial charge in [0.2, 0.25) is 0 Å². The normalized spacial score (nSPS) is 16.7. The Morgan fingerprint density at radius 2 is 2.11 bits per heavy atom. The lowest BCUT2D eigenvalue weighted by molar-refractivity contribution is 0.0738. The maximum Gasteiger partial charge on any atom is 0.254 e. The highest BCUT2D eigenvalue weighted by molar-refractivity contribution is 7.10. The van der Waals surface area contributed by atoms with E-state index in [4.69, 9.17) is 9.26 Å². The molecule has 1 aliphatic heterocycles. The second kappa shape index (κ2) is 7.56. The Labute approximate surface area is 162 Å². The highest BCUT2D eigenvalue weighted by atomic mass is 32.1. The number of ether oxygens (including phenoxy) is 1. The Morgan fingerprint density at radius 3 is 2.78 bits per heavy atom.